The van der Waals surface area contributed by atoms with E-state index in [-0.39, 0.29) is 127 Å². The van der Waals surface area contributed by atoms with Crippen molar-refractivity contribution in [3.05, 3.63) is 95.4 Å². The Kier molecular flexibility index (Phi) is 41.6. The number of hydrogen-bond acceptors (Lipinski definition) is 24. The van der Waals surface area contributed by atoms with Crippen LogP contribution < -0.4 is 40.6 Å². The fraction of sp³-hybridized carbons (Fsp3) is 0.544. The number of alkyl halides is 3. The van der Waals surface area contributed by atoms with Crippen LogP contribution in [0.15, 0.2) is 78.1 Å². The molecule has 42 heteroatoms. The third-order valence-electron chi connectivity index (χ3n) is 15.9. The van der Waals surface area contributed by atoms with E-state index >= 15 is 0 Å². The summed E-state index contributed by atoms with van der Waals surface area (Å²) < 4.78 is 99.6. The van der Waals surface area contributed by atoms with Gasteiger partial charge in [0.25, 0.3) is 5.91 Å². The maximum atomic E-state index is 13.5. The molecule has 2 aromatic heterocycles. The van der Waals surface area contributed by atoms with Gasteiger partial charge in [0.15, 0.2) is 5.95 Å². The molecule has 612 valence electrons. The minimum Gasteiger partial charge on any atom is -0.494 e. The van der Waals surface area contributed by atoms with E-state index in [9.17, 15) is 84.9 Å². The molecule has 1 fully saturated rings. The van der Waals surface area contributed by atoms with Crippen LogP contribution in [-0.2, 0) is 80.1 Å². The molecule has 3 heterocycles. The first-order chi connectivity index (χ1) is 52.2. The van der Waals surface area contributed by atoms with Crippen LogP contribution in [0.25, 0.3) is 10.9 Å². The summed E-state index contributed by atoms with van der Waals surface area (Å²) in [5.41, 5.74) is 2.35. The molecule has 1 aliphatic heterocycles. The number of aromatic amines is 1. The number of halogens is 3. The minimum absolute atomic E-state index is 0.0181. The fourth-order valence-electron chi connectivity index (χ4n) is 10.8. The van der Waals surface area contributed by atoms with Gasteiger partial charge in [0.2, 0.25) is 34.0 Å². The average Bonchev–Trinajstić information content (AvgIpc) is 0.979. The van der Waals surface area contributed by atoms with Gasteiger partial charge in [0.1, 0.15) is 23.6 Å². The summed E-state index contributed by atoms with van der Waals surface area (Å²) in [7, 11) is -9.10. The van der Waals surface area contributed by atoms with Crippen molar-refractivity contribution in [2.24, 2.45) is 0 Å². The average molecular weight is 1600 g/mol. The third-order valence-corrected chi connectivity index (χ3v) is 18.1. The maximum absolute atomic E-state index is 13.5. The van der Waals surface area contributed by atoms with Crippen LogP contribution in [-0.4, -0.2) is 301 Å². The Hall–Kier alpha value is -9.26. The molecule has 1 aliphatic rings. The molecular weight excluding hydrogens is 1500 g/mol. The molecule has 110 heavy (non-hydrogen) atoms. The Morgan fingerprint density at radius 2 is 1.21 bits per heavy atom. The highest BCUT2D eigenvalue weighted by Crippen LogP contribution is 2.37. The van der Waals surface area contributed by atoms with Crippen molar-refractivity contribution < 1.29 is 123 Å². The number of H-pyrrole nitrogens is 1. The quantitative estimate of drug-likeness (QED) is 0.0150. The number of anilines is 1. The van der Waals surface area contributed by atoms with Crippen LogP contribution in [0, 0.1) is 13.8 Å². The van der Waals surface area contributed by atoms with Crippen LogP contribution in [0.2, 0.25) is 0 Å². The highest BCUT2D eigenvalue weighted by atomic mass is 32.2. The number of carbonyl (C=O) groups is 9. The summed E-state index contributed by atoms with van der Waals surface area (Å²) in [5, 5.41) is 57.4. The van der Waals surface area contributed by atoms with Crippen LogP contribution >= 0.6 is 7.82 Å². The maximum Gasteiger partial charge on any atom is 0.524 e. The number of amides is 4. The Morgan fingerprint density at radius 3 is 1.74 bits per heavy atom. The molecule has 0 aliphatic carbocycles. The number of ether oxygens (including phenoxy) is 4. The molecule has 37 nitrogen and oxygen atoms in total. The lowest BCUT2D eigenvalue weighted by molar-refractivity contribution is -0.156. The Labute approximate surface area is 633 Å². The number of hydrogen-bond donors (Lipinski definition) is 13. The summed E-state index contributed by atoms with van der Waals surface area (Å²) in [6, 6.07) is 11.1. The first-order valence-electron chi connectivity index (χ1n) is 35.1. The van der Waals surface area contributed by atoms with Gasteiger partial charge < -0.3 is 75.5 Å². The molecule has 0 radical (unpaired) electrons. The zero-order valence-corrected chi connectivity index (χ0v) is 63.3. The number of aliphatic carboxylic acids is 4. The molecule has 0 saturated carbocycles. The molecular formula is C68H100F3N14O23PS. The van der Waals surface area contributed by atoms with E-state index in [1.807, 2.05) is 18.5 Å². The number of benzene rings is 3. The summed E-state index contributed by atoms with van der Waals surface area (Å²) in [6.45, 7) is 12.4. The van der Waals surface area contributed by atoms with E-state index in [4.69, 9.17) is 33.5 Å². The van der Waals surface area contributed by atoms with Crippen molar-refractivity contribution in [2.45, 2.75) is 95.9 Å². The number of aldehydes is 1. The summed E-state index contributed by atoms with van der Waals surface area (Å²) in [6.07, 6.45) is 2.11. The Morgan fingerprint density at radius 1 is 0.664 bits per heavy atom. The fourth-order valence-corrected chi connectivity index (χ4v) is 12.8. The molecule has 4 amide bonds. The summed E-state index contributed by atoms with van der Waals surface area (Å²) in [4.78, 5) is 139. The van der Waals surface area contributed by atoms with Crippen molar-refractivity contribution in [2.75, 3.05) is 156 Å². The van der Waals surface area contributed by atoms with Gasteiger partial charge in [0, 0.05) is 148 Å². The van der Waals surface area contributed by atoms with E-state index in [0.717, 1.165) is 23.7 Å². The molecule has 0 bridgehead atoms. The topological polar surface area (TPSA) is 504 Å². The lowest BCUT2D eigenvalue weighted by Gasteiger charge is -2.33. The van der Waals surface area contributed by atoms with Gasteiger partial charge >= 0.3 is 37.9 Å². The number of phosphoric ester groups is 1. The van der Waals surface area contributed by atoms with Crippen molar-refractivity contribution in [1.82, 2.24) is 65.3 Å². The van der Waals surface area contributed by atoms with E-state index in [1.54, 1.807) is 82.4 Å². The van der Waals surface area contributed by atoms with E-state index in [2.05, 4.69) is 50.9 Å². The number of nitrogens with one attached hydrogen (secondary N) is 7. The van der Waals surface area contributed by atoms with Crippen LogP contribution in [0.1, 0.15) is 73.0 Å². The van der Waals surface area contributed by atoms with Crippen molar-refractivity contribution in [3.63, 3.8) is 0 Å². The summed E-state index contributed by atoms with van der Waals surface area (Å²) in [5.74, 6) is -5.31. The number of imidazole rings is 1. The number of aromatic nitrogens is 4. The third kappa shape index (κ3) is 38.4. The van der Waals surface area contributed by atoms with Gasteiger partial charge in [0.05, 0.1) is 62.6 Å². The highest BCUT2D eigenvalue weighted by Gasteiger charge is 2.31. The van der Waals surface area contributed by atoms with E-state index in [0.29, 0.717) is 101 Å². The predicted octanol–water partition coefficient (Wildman–Crippen LogP) is 1.71. The van der Waals surface area contributed by atoms with Gasteiger partial charge in [-0.25, -0.2) is 18.0 Å². The highest BCUT2D eigenvalue weighted by molar-refractivity contribution is 7.89. The Balaban J connectivity index is 0.000000432. The van der Waals surface area contributed by atoms with E-state index < -0.39 is 90.5 Å². The molecule has 0 spiro atoms. The van der Waals surface area contributed by atoms with Crippen molar-refractivity contribution in [3.8, 4) is 11.5 Å². The number of nitrogens with zero attached hydrogens (tertiary/aromatic N) is 7. The number of carbonyl (C=O) groups excluding carboxylic acids is 5. The Bertz CT molecular complexity index is 3820. The predicted molar refractivity (Wildman–Crippen MR) is 391 cm³/mol. The molecule has 0 unspecified atom stereocenters. The molecule has 6 rings (SSSR count). The SMILES string of the molecule is CCOCCCNC(=O)CCCOc1cc(C)c(S(=O)(=O)N[C@@H](CNC(=O)c2ccc3c(cnn3CCCNc3ncc[nH]3)c2)C(=O)O)c(C)c1.CCOCCOCCCNC(=O)[C@@H](Cc1ccc(OP(=O)(O)O)cc1)NC(=O)CN1CCN(CC(=O)O)CCN(CC(=O)O)CCN(CC(=O)O)CC1.O=CC(F)(F)F. The molecule has 5 aromatic rings. The number of carboxylic acid groups (broad SMARTS) is 4. The van der Waals surface area contributed by atoms with Gasteiger partial charge in [-0.15, -0.1) is 0 Å². The van der Waals surface area contributed by atoms with Crippen molar-refractivity contribution in [1.29, 1.82) is 0 Å². The van der Waals surface area contributed by atoms with Gasteiger partial charge in [-0.3, -0.25) is 77.2 Å². The molecule has 1 saturated heterocycles. The lowest BCUT2D eigenvalue weighted by atomic mass is 10.0. The first-order valence-corrected chi connectivity index (χ1v) is 38.1. The first kappa shape index (κ1) is 93.1. The number of rotatable bonds is 44. The van der Waals surface area contributed by atoms with Gasteiger partial charge in [-0.1, -0.05) is 12.1 Å². The smallest absolute Gasteiger partial charge is 0.494 e. The van der Waals surface area contributed by atoms with Crippen LogP contribution in [0.5, 0.6) is 11.5 Å². The lowest BCUT2D eigenvalue weighted by Crippen LogP contribution is -2.53. The summed E-state index contributed by atoms with van der Waals surface area (Å²) >= 11 is 0. The second-order valence-corrected chi connectivity index (χ2v) is 27.6. The second-order valence-electron chi connectivity index (χ2n) is 24.8. The zero-order chi connectivity index (χ0) is 81.2. The zero-order valence-electron chi connectivity index (χ0n) is 61.6. The second kappa shape index (κ2) is 49.1. The van der Waals surface area contributed by atoms with Crippen LogP contribution in [0.4, 0.5) is 19.1 Å². The molecule has 3 aromatic carbocycles. The van der Waals surface area contributed by atoms with Gasteiger partial charge in [-0.05, 0) is 113 Å². The number of carboxylic acids is 4. The minimum atomic E-state index is -4.79. The van der Waals surface area contributed by atoms with E-state index in [1.165, 1.54) is 24.3 Å². The van der Waals surface area contributed by atoms with Gasteiger partial charge in [-0.2, -0.15) is 23.0 Å². The molecule has 2 atom stereocenters. The number of fused-ring (bicyclic) bond motifs is 1. The number of sulfonamides is 1. The standard InChI is InChI=1S/C34H46N8O8S.C32H53N6O14P.C2HF3O/c1-4-49-16-7-12-35-30(43)8-5-17-50-27-18-23(2)31(24(3)19-27)51(47,48)41-28(33(45)46)22-39-32(44)25-9-10-29-26(20-25)21-40-42(29)15-6-11-36-34-37-13-14-38-34;1-2-50-18-19-51-17-3-8-33-32(46)27(20-25-4-6-26(7-5-25)52-53(47,48)49)34-28(39)21-35-9-11-36(22-29(40)41)13-15-38(24-31(44)45)16-14-37(12-10-35)23-30(42)43;3-2(4,5)1-6/h9-10,13-14,18-21,28,41H,4-8,11-12,15-17,22H2,1-3H3,(H,35,43)(H,39,44)(H,45,46)(H2,36,37,38);4-7,27H,2-3,8-24H2,1H3,(H,33,46)(H,34,39)(H,40,41)(H,42,43)(H,44,45)(H2,47,48,49);1H/t28-;27-;/m01./s1. The van der Waals surface area contributed by atoms with Crippen molar-refractivity contribution >= 4 is 88.5 Å². The monoisotopic (exact) mass is 1600 g/mol. The number of phosphoric acid groups is 1. The normalized spacial score (nSPS) is 14.2. The number of aryl methyl sites for hydroxylation is 3. The van der Waals surface area contributed by atoms with Crippen LogP contribution in [0.3, 0.4) is 0 Å². The largest absolute Gasteiger partial charge is 0.524 e. The molecule has 13 N–H and O–H groups in total.